The minimum absolute atomic E-state index is 0.0896. The molecule has 0 saturated carbocycles. The van der Waals surface area contributed by atoms with Gasteiger partial charge in [-0.15, -0.1) is 11.8 Å². The van der Waals surface area contributed by atoms with E-state index in [1.807, 2.05) is 13.8 Å². The molecule has 7 heteroatoms. The Balaban J connectivity index is 2.78. The summed E-state index contributed by atoms with van der Waals surface area (Å²) in [5.41, 5.74) is 5.26. The molecule has 0 unspecified atom stereocenters. The second-order valence-corrected chi connectivity index (χ2v) is 7.04. The summed E-state index contributed by atoms with van der Waals surface area (Å²) in [5, 5.41) is 2.63. The second-order valence-electron chi connectivity index (χ2n) is 5.42. The Morgan fingerprint density at radius 3 is 2.47 bits per heavy atom. The minimum Gasteiger partial charge on any atom is -0.368 e. The van der Waals surface area contributed by atoms with Crippen LogP contribution in [-0.2, 0) is 14.4 Å². The molecule has 0 aromatic heterocycles. The van der Waals surface area contributed by atoms with Crippen LogP contribution in [0.15, 0.2) is 0 Å². The van der Waals surface area contributed by atoms with E-state index in [9.17, 15) is 14.4 Å². The number of rotatable bonds is 5. The fraction of sp³-hybridized carbons (Fsp3) is 0.750. The molecule has 1 heterocycles. The van der Waals surface area contributed by atoms with Gasteiger partial charge in [0.05, 0.1) is 4.87 Å². The summed E-state index contributed by atoms with van der Waals surface area (Å²) < 4.78 is 0. The Hall–Kier alpha value is -1.24. The highest BCUT2D eigenvalue weighted by Crippen LogP contribution is 2.37. The van der Waals surface area contributed by atoms with E-state index in [1.165, 1.54) is 16.7 Å². The zero-order valence-corrected chi connectivity index (χ0v) is 12.5. The summed E-state index contributed by atoms with van der Waals surface area (Å²) in [7, 11) is 0. The quantitative estimate of drug-likeness (QED) is 0.692. The fourth-order valence-corrected chi connectivity index (χ4v) is 3.23. The standard InChI is InChI=1S/C12H21N3O3S/c1-7(2)9(10(13)17)14-11(18)8-5-19-12(3,4)15(8)6-16/h6-9H,5H2,1-4H3,(H2,13,17)(H,14,18)/t8-,9-/m0/s1. The highest BCUT2D eigenvalue weighted by atomic mass is 32.2. The van der Waals surface area contributed by atoms with E-state index in [0.29, 0.717) is 12.2 Å². The largest absolute Gasteiger partial charge is 0.368 e. The molecule has 3 amide bonds. The van der Waals surface area contributed by atoms with Crippen molar-refractivity contribution < 1.29 is 14.4 Å². The van der Waals surface area contributed by atoms with Crippen molar-refractivity contribution in [3.63, 3.8) is 0 Å². The van der Waals surface area contributed by atoms with E-state index in [-0.39, 0.29) is 11.8 Å². The first kappa shape index (κ1) is 15.8. The van der Waals surface area contributed by atoms with E-state index < -0.39 is 22.9 Å². The van der Waals surface area contributed by atoms with Crippen molar-refractivity contribution in [2.24, 2.45) is 11.7 Å². The van der Waals surface area contributed by atoms with Gasteiger partial charge in [0, 0.05) is 5.75 Å². The number of nitrogens with zero attached hydrogens (tertiary/aromatic N) is 1. The predicted octanol–water partition coefficient (Wildman–Crippen LogP) is -0.0776. The zero-order chi connectivity index (χ0) is 14.8. The molecule has 0 spiro atoms. The fourth-order valence-electron chi connectivity index (χ4n) is 2.03. The maximum absolute atomic E-state index is 12.2. The van der Waals surface area contributed by atoms with Crippen molar-refractivity contribution in [1.29, 1.82) is 0 Å². The van der Waals surface area contributed by atoms with Gasteiger partial charge >= 0.3 is 0 Å². The Morgan fingerprint density at radius 2 is 2.05 bits per heavy atom. The Kier molecular flexibility index (Phi) is 4.84. The molecule has 0 aromatic rings. The summed E-state index contributed by atoms with van der Waals surface area (Å²) in [6, 6.07) is -1.27. The Morgan fingerprint density at radius 1 is 1.47 bits per heavy atom. The van der Waals surface area contributed by atoms with Gasteiger partial charge in [-0.2, -0.15) is 0 Å². The third kappa shape index (κ3) is 3.40. The maximum atomic E-state index is 12.2. The molecular weight excluding hydrogens is 266 g/mol. The SMILES string of the molecule is CC(C)[C@H](NC(=O)[C@@H]1CSC(C)(C)N1C=O)C(N)=O. The van der Waals surface area contributed by atoms with E-state index >= 15 is 0 Å². The summed E-state index contributed by atoms with van der Waals surface area (Å²) in [5.74, 6) is -0.469. The van der Waals surface area contributed by atoms with Crippen LogP contribution in [-0.4, -0.2) is 45.8 Å². The van der Waals surface area contributed by atoms with Crippen molar-refractivity contribution in [1.82, 2.24) is 10.2 Å². The minimum atomic E-state index is -0.713. The van der Waals surface area contributed by atoms with Crippen molar-refractivity contribution >= 4 is 30.0 Å². The number of hydrogen-bond acceptors (Lipinski definition) is 4. The Labute approximate surface area is 117 Å². The monoisotopic (exact) mass is 287 g/mol. The normalized spacial score (nSPS) is 23.2. The highest BCUT2D eigenvalue weighted by Gasteiger charge is 2.43. The van der Waals surface area contributed by atoms with Crippen LogP contribution in [0.25, 0.3) is 0 Å². The molecule has 1 saturated heterocycles. The van der Waals surface area contributed by atoms with Gasteiger partial charge in [0.1, 0.15) is 12.1 Å². The van der Waals surface area contributed by atoms with Crippen molar-refractivity contribution in [2.45, 2.75) is 44.6 Å². The Bertz CT molecular complexity index is 384. The van der Waals surface area contributed by atoms with Gasteiger partial charge in [0.2, 0.25) is 18.2 Å². The van der Waals surface area contributed by atoms with E-state index in [2.05, 4.69) is 5.32 Å². The van der Waals surface area contributed by atoms with Gasteiger partial charge in [-0.1, -0.05) is 13.8 Å². The van der Waals surface area contributed by atoms with Crippen LogP contribution in [0.4, 0.5) is 0 Å². The number of carbonyl (C=O) groups excluding carboxylic acids is 3. The number of nitrogens with one attached hydrogen (secondary N) is 1. The van der Waals surface area contributed by atoms with Crippen LogP contribution in [0.5, 0.6) is 0 Å². The van der Waals surface area contributed by atoms with Crippen LogP contribution in [0.1, 0.15) is 27.7 Å². The third-order valence-electron chi connectivity index (χ3n) is 3.24. The third-order valence-corrected chi connectivity index (χ3v) is 4.64. The lowest BCUT2D eigenvalue weighted by Gasteiger charge is -2.31. The van der Waals surface area contributed by atoms with E-state index in [4.69, 9.17) is 5.73 Å². The van der Waals surface area contributed by atoms with Crippen LogP contribution in [0, 0.1) is 5.92 Å². The molecule has 1 aliphatic heterocycles. The van der Waals surface area contributed by atoms with Gasteiger partial charge in [0.15, 0.2) is 0 Å². The predicted molar refractivity (Wildman–Crippen MR) is 74.2 cm³/mol. The van der Waals surface area contributed by atoms with Gasteiger partial charge in [-0.05, 0) is 19.8 Å². The van der Waals surface area contributed by atoms with E-state index in [0.717, 1.165) is 0 Å². The van der Waals surface area contributed by atoms with Gasteiger partial charge in [-0.25, -0.2) is 0 Å². The first-order valence-corrected chi connectivity index (χ1v) is 7.16. The molecule has 3 N–H and O–H groups in total. The van der Waals surface area contributed by atoms with E-state index in [1.54, 1.807) is 13.8 Å². The van der Waals surface area contributed by atoms with Gasteiger partial charge in [-0.3, -0.25) is 14.4 Å². The molecule has 0 aromatic carbocycles. The average Bonchev–Trinajstić information content (AvgIpc) is 2.59. The molecule has 0 radical (unpaired) electrons. The second kappa shape index (κ2) is 5.81. The average molecular weight is 287 g/mol. The molecule has 1 aliphatic rings. The van der Waals surface area contributed by atoms with Crippen molar-refractivity contribution in [3.8, 4) is 0 Å². The molecule has 108 valence electrons. The molecule has 1 fully saturated rings. The maximum Gasteiger partial charge on any atom is 0.244 e. The molecule has 6 nitrogen and oxygen atoms in total. The first-order valence-electron chi connectivity index (χ1n) is 6.18. The van der Waals surface area contributed by atoms with Crippen LogP contribution in [0.2, 0.25) is 0 Å². The van der Waals surface area contributed by atoms with Crippen molar-refractivity contribution in [3.05, 3.63) is 0 Å². The molecule has 1 rings (SSSR count). The van der Waals surface area contributed by atoms with Crippen molar-refractivity contribution in [2.75, 3.05) is 5.75 Å². The smallest absolute Gasteiger partial charge is 0.244 e. The number of carbonyl (C=O) groups is 3. The van der Waals surface area contributed by atoms with Crippen LogP contribution < -0.4 is 11.1 Å². The summed E-state index contributed by atoms with van der Waals surface area (Å²) >= 11 is 1.53. The lowest BCUT2D eigenvalue weighted by molar-refractivity contribution is -0.135. The van der Waals surface area contributed by atoms with Crippen LogP contribution >= 0.6 is 11.8 Å². The number of amides is 3. The van der Waals surface area contributed by atoms with Crippen LogP contribution in [0.3, 0.4) is 0 Å². The summed E-state index contributed by atoms with van der Waals surface area (Å²) in [6.45, 7) is 7.38. The zero-order valence-electron chi connectivity index (χ0n) is 11.7. The summed E-state index contributed by atoms with van der Waals surface area (Å²) in [6.07, 6.45) is 0.679. The number of nitrogens with two attached hydrogens (primary N) is 1. The number of hydrogen-bond donors (Lipinski definition) is 2. The van der Waals surface area contributed by atoms with Gasteiger partial charge < -0.3 is 16.0 Å². The lowest BCUT2D eigenvalue weighted by Crippen LogP contribution is -2.55. The molecule has 0 bridgehead atoms. The molecule has 2 atom stereocenters. The number of thioether (sulfide) groups is 1. The highest BCUT2D eigenvalue weighted by molar-refractivity contribution is 8.00. The first-order chi connectivity index (χ1) is 8.70. The molecule has 19 heavy (non-hydrogen) atoms. The topological polar surface area (TPSA) is 92.5 Å². The lowest BCUT2D eigenvalue weighted by atomic mass is 10.0. The number of primary amides is 1. The molecule has 0 aliphatic carbocycles. The van der Waals surface area contributed by atoms with Gasteiger partial charge in [0.25, 0.3) is 0 Å². The molecular formula is C12H21N3O3S. The summed E-state index contributed by atoms with van der Waals surface area (Å²) in [4.78, 5) is 35.7.